The molecule has 0 aliphatic rings. The molecule has 0 bridgehead atoms. The van der Waals surface area contributed by atoms with E-state index in [0.29, 0.717) is 5.02 Å². The van der Waals surface area contributed by atoms with Crippen molar-refractivity contribution in [3.05, 3.63) is 64.7 Å². The van der Waals surface area contributed by atoms with Gasteiger partial charge in [-0.25, -0.2) is 0 Å². The van der Waals surface area contributed by atoms with E-state index in [9.17, 15) is 5.26 Å². The lowest BCUT2D eigenvalue weighted by Gasteiger charge is -2.13. The number of nitrogens with zero attached hydrogens (tertiary/aromatic N) is 1. The van der Waals surface area contributed by atoms with E-state index in [0.717, 1.165) is 11.3 Å². The second-order valence-corrected chi connectivity index (χ2v) is 4.56. The molecule has 18 heavy (non-hydrogen) atoms. The van der Waals surface area contributed by atoms with Gasteiger partial charge < -0.3 is 5.32 Å². The topological polar surface area (TPSA) is 35.8 Å². The zero-order valence-corrected chi connectivity index (χ0v) is 10.8. The van der Waals surface area contributed by atoms with Gasteiger partial charge in [-0.05, 0) is 36.8 Å². The number of hydrogen-bond acceptors (Lipinski definition) is 2. The van der Waals surface area contributed by atoms with Gasteiger partial charge in [-0.15, -0.1) is 0 Å². The molecule has 0 aliphatic carbocycles. The van der Waals surface area contributed by atoms with Gasteiger partial charge in [0.05, 0.1) is 6.07 Å². The molecule has 0 fully saturated rings. The standard InChI is InChI=1S/C15H13ClN2/c1-11-5-7-14(8-6-11)18-15(10-17)12-3-2-4-13(16)9-12/h2-9,15,18H,1H3. The third-order valence-corrected chi connectivity index (χ3v) is 2.91. The number of rotatable bonds is 3. The molecule has 0 amide bonds. The summed E-state index contributed by atoms with van der Waals surface area (Å²) < 4.78 is 0. The number of anilines is 1. The number of benzene rings is 2. The highest BCUT2D eigenvalue weighted by Gasteiger charge is 2.10. The van der Waals surface area contributed by atoms with Gasteiger partial charge in [-0.3, -0.25) is 0 Å². The SMILES string of the molecule is Cc1ccc(NC(C#N)c2cccc(Cl)c2)cc1. The zero-order chi connectivity index (χ0) is 13.0. The van der Waals surface area contributed by atoms with Crippen molar-refractivity contribution in [1.29, 1.82) is 5.26 Å². The highest BCUT2D eigenvalue weighted by atomic mass is 35.5. The Morgan fingerprint density at radius 2 is 1.89 bits per heavy atom. The Bertz CT molecular complexity index is 570. The van der Waals surface area contributed by atoms with Gasteiger partial charge in [0.2, 0.25) is 0 Å². The monoisotopic (exact) mass is 256 g/mol. The van der Waals surface area contributed by atoms with Gasteiger partial charge in [0, 0.05) is 10.7 Å². The molecule has 0 aromatic heterocycles. The quantitative estimate of drug-likeness (QED) is 0.887. The van der Waals surface area contributed by atoms with Gasteiger partial charge in [-0.1, -0.05) is 41.4 Å². The van der Waals surface area contributed by atoms with Crippen LogP contribution < -0.4 is 5.32 Å². The molecule has 1 atom stereocenters. The molecular formula is C15H13ClN2. The molecule has 3 heteroatoms. The summed E-state index contributed by atoms with van der Waals surface area (Å²) in [5, 5.41) is 13.0. The highest BCUT2D eigenvalue weighted by Crippen LogP contribution is 2.21. The Labute approximate surface area is 112 Å². The van der Waals surface area contributed by atoms with E-state index in [1.165, 1.54) is 5.56 Å². The van der Waals surface area contributed by atoms with Crippen LogP contribution in [0.3, 0.4) is 0 Å². The van der Waals surface area contributed by atoms with Crippen LogP contribution in [0.4, 0.5) is 5.69 Å². The van der Waals surface area contributed by atoms with Gasteiger partial charge in [0.25, 0.3) is 0 Å². The van der Waals surface area contributed by atoms with Crippen LogP contribution in [0, 0.1) is 18.3 Å². The Kier molecular flexibility index (Phi) is 3.86. The van der Waals surface area contributed by atoms with E-state index in [-0.39, 0.29) is 0 Å². The molecule has 0 spiro atoms. The van der Waals surface area contributed by atoms with Gasteiger partial charge in [0.15, 0.2) is 0 Å². The lowest BCUT2D eigenvalue weighted by atomic mass is 10.1. The van der Waals surface area contributed by atoms with Crippen LogP contribution in [0.2, 0.25) is 5.02 Å². The highest BCUT2D eigenvalue weighted by molar-refractivity contribution is 6.30. The summed E-state index contributed by atoms with van der Waals surface area (Å²) in [5.41, 5.74) is 2.98. The largest absolute Gasteiger partial charge is 0.366 e. The van der Waals surface area contributed by atoms with Crippen LogP contribution in [0.25, 0.3) is 0 Å². The molecule has 0 heterocycles. The van der Waals surface area contributed by atoms with Gasteiger partial charge in [0.1, 0.15) is 6.04 Å². The first kappa shape index (κ1) is 12.5. The van der Waals surface area contributed by atoms with Crippen molar-refractivity contribution in [1.82, 2.24) is 0 Å². The Morgan fingerprint density at radius 3 is 2.50 bits per heavy atom. The minimum atomic E-state index is -0.397. The van der Waals surface area contributed by atoms with Crippen molar-refractivity contribution in [2.75, 3.05) is 5.32 Å². The molecule has 0 saturated carbocycles. The van der Waals surface area contributed by atoms with E-state index in [1.54, 1.807) is 12.1 Å². The maximum atomic E-state index is 9.23. The van der Waals surface area contributed by atoms with Gasteiger partial charge >= 0.3 is 0 Å². The third kappa shape index (κ3) is 3.03. The summed E-state index contributed by atoms with van der Waals surface area (Å²) in [4.78, 5) is 0. The first-order valence-corrected chi connectivity index (χ1v) is 6.05. The molecule has 0 aliphatic heterocycles. The van der Waals surface area contributed by atoms with E-state index in [2.05, 4.69) is 11.4 Å². The predicted octanol–water partition coefficient (Wildman–Crippen LogP) is 4.33. The molecule has 2 aromatic carbocycles. The van der Waals surface area contributed by atoms with E-state index in [1.807, 2.05) is 43.3 Å². The first-order valence-electron chi connectivity index (χ1n) is 5.67. The second-order valence-electron chi connectivity index (χ2n) is 4.13. The minimum absolute atomic E-state index is 0.397. The zero-order valence-electron chi connectivity index (χ0n) is 10.0. The predicted molar refractivity (Wildman–Crippen MR) is 74.6 cm³/mol. The molecule has 2 aromatic rings. The third-order valence-electron chi connectivity index (χ3n) is 2.67. The van der Waals surface area contributed by atoms with Crippen molar-refractivity contribution >= 4 is 17.3 Å². The second kappa shape index (κ2) is 5.57. The molecular weight excluding hydrogens is 244 g/mol. The average Bonchev–Trinajstić information content (AvgIpc) is 2.38. The molecule has 0 radical (unpaired) electrons. The number of nitriles is 1. The summed E-state index contributed by atoms with van der Waals surface area (Å²) in [6, 6.07) is 17.1. The van der Waals surface area contributed by atoms with Crippen molar-refractivity contribution in [3.63, 3.8) is 0 Å². The minimum Gasteiger partial charge on any atom is -0.366 e. The van der Waals surface area contributed by atoms with E-state index < -0.39 is 6.04 Å². The van der Waals surface area contributed by atoms with Crippen LogP contribution >= 0.6 is 11.6 Å². The first-order chi connectivity index (χ1) is 8.69. The maximum absolute atomic E-state index is 9.23. The summed E-state index contributed by atoms with van der Waals surface area (Å²) in [6.07, 6.45) is 0. The average molecular weight is 257 g/mol. The van der Waals surface area contributed by atoms with Crippen molar-refractivity contribution < 1.29 is 0 Å². The number of halogens is 1. The summed E-state index contributed by atoms with van der Waals surface area (Å²) in [6.45, 7) is 2.03. The number of hydrogen-bond donors (Lipinski definition) is 1. The molecule has 2 rings (SSSR count). The summed E-state index contributed by atoms with van der Waals surface area (Å²) in [7, 11) is 0. The number of nitrogens with one attached hydrogen (secondary N) is 1. The van der Waals surface area contributed by atoms with Crippen molar-refractivity contribution in [2.45, 2.75) is 13.0 Å². The summed E-state index contributed by atoms with van der Waals surface area (Å²) >= 11 is 5.93. The van der Waals surface area contributed by atoms with Gasteiger partial charge in [-0.2, -0.15) is 5.26 Å². The van der Waals surface area contributed by atoms with Crippen LogP contribution in [0.15, 0.2) is 48.5 Å². The summed E-state index contributed by atoms with van der Waals surface area (Å²) in [5.74, 6) is 0. The lowest BCUT2D eigenvalue weighted by Crippen LogP contribution is -2.08. The van der Waals surface area contributed by atoms with Crippen molar-refractivity contribution in [3.8, 4) is 6.07 Å². The maximum Gasteiger partial charge on any atom is 0.140 e. The van der Waals surface area contributed by atoms with E-state index >= 15 is 0 Å². The fourth-order valence-electron chi connectivity index (χ4n) is 1.69. The Balaban J connectivity index is 2.20. The van der Waals surface area contributed by atoms with E-state index in [4.69, 9.17) is 11.6 Å². The lowest BCUT2D eigenvalue weighted by molar-refractivity contribution is 0.997. The fraction of sp³-hybridized carbons (Fsp3) is 0.133. The van der Waals surface area contributed by atoms with Crippen LogP contribution in [-0.4, -0.2) is 0 Å². The van der Waals surface area contributed by atoms with Crippen LogP contribution in [-0.2, 0) is 0 Å². The molecule has 0 saturated heterocycles. The Hall–Kier alpha value is -1.98. The van der Waals surface area contributed by atoms with Crippen molar-refractivity contribution in [2.24, 2.45) is 0 Å². The molecule has 1 unspecified atom stereocenters. The normalized spacial score (nSPS) is 11.6. The molecule has 1 N–H and O–H groups in total. The molecule has 90 valence electrons. The molecule has 2 nitrogen and oxygen atoms in total. The van der Waals surface area contributed by atoms with Crippen LogP contribution in [0.1, 0.15) is 17.2 Å². The smallest absolute Gasteiger partial charge is 0.140 e. The Morgan fingerprint density at radius 1 is 1.17 bits per heavy atom. The fourth-order valence-corrected chi connectivity index (χ4v) is 1.89. The number of aryl methyl sites for hydroxylation is 1. The van der Waals surface area contributed by atoms with Crippen LogP contribution in [0.5, 0.6) is 0 Å².